The standard InChI is InChI=1S/C19H19N5O4S/c1-25-13-6-4-7-14(26-2)17(13)29-23-18-16-15(27-3)10-12(21-19(16)28-22-18)11-24-9-5-8-20-24/h4-10H,11H2,1-3H3,(H,22,23). The van der Waals surface area contributed by atoms with E-state index in [2.05, 4.69) is 20.0 Å². The van der Waals surface area contributed by atoms with E-state index in [4.69, 9.17) is 18.7 Å². The molecule has 4 aromatic rings. The number of benzene rings is 1. The first-order chi connectivity index (χ1) is 14.2. The lowest BCUT2D eigenvalue weighted by Crippen LogP contribution is -2.03. The van der Waals surface area contributed by atoms with E-state index >= 15 is 0 Å². The van der Waals surface area contributed by atoms with Crippen LogP contribution in [0.1, 0.15) is 5.69 Å². The summed E-state index contributed by atoms with van der Waals surface area (Å²) in [5, 5.41) is 8.96. The van der Waals surface area contributed by atoms with E-state index in [-0.39, 0.29) is 0 Å². The molecule has 9 nitrogen and oxygen atoms in total. The first kappa shape index (κ1) is 18.9. The zero-order valence-corrected chi connectivity index (χ0v) is 16.9. The molecule has 29 heavy (non-hydrogen) atoms. The molecule has 0 unspecified atom stereocenters. The van der Waals surface area contributed by atoms with Gasteiger partial charge in [0.05, 0.1) is 33.6 Å². The minimum Gasteiger partial charge on any atom is -0.496 e. The first-order valence-corrected chi connectivity index (χ1v) is 9.49. The summed E-state index contributed by atoms with van der Waals surface area (Å²) in [6, 6.07) is 9.28. The molecule has 10 heteroatoms. The van der Waals surface area contributed by atoms with E-state index < -0.39 is 0 Å². The van der Waals surface area contributed by atoms with Crippen LogP contribution >= 0.6 is 11.9 Å². The number of nitrogens with one attached hydrogen (secondary N) is 1. The maximum absolute atomic E-state index is 5.56. The lowest BCUT2D eigenvalue weighted by atomic mass is 10.2. The molecule has 150 valence electrons. The molecule has 0 fully saturated rings. The van der Waals surface area contributed by atoms with Gasteiger partial charge in [0.1, 0.15) is 27.5 Å². The van der Waals surface area contributed by atoms with Crippen LogP contribution in [-0.2, 0) is 6.54 Å². The highest BCUT2D eigenvalue weighted by Gasteiger charge is 2.19. The molecule has 0 saturated carbocycles. The second-order valence-corrected chi connectivity index (χ2v) is 6.74. The Balaban J connectivity index is 1.64. The van der Waals surface area contributed by atoms with Gasteiger partial charge in [-0.05, 0) is 30.1 Å². The van der Waals surface area contributed by atoms with Crippen molar-refractivity contribution in [3.8, 4) is 17.2 Å². The van der Waals surface area contributed by atoms with Gasteiger partial charge in [-0.25, -0.2) is 4.98 Å². The van der Waals surface area contributed by atoms with E-state index in [9.17, 15) is 0 Å². The summed E-state index contributed by atoms with van der Waals surface area (Å²) in [5.74, 6) is 2.46. The fraction of sp³-hybridized carbons (Fsp3) is 0.211. The Morgan fingerprint density at radius 1 is 1.07 bits per heavy atom. The van der Waals surface area contributed by atoms with Crippen molar-refractivity contribution < 1.29 is 18.7 Å². The van der Waals surface area contributed by atoms with Crippen LogP contribution in [0.4, 0.5) is 5.82 Å². The Bertz CT molecular complexity index is 1090. The fourth-order valence-electron chi connectivity index (χ4n) is 2.85. The Morgan fingerprint density at radius 3 is 2.48 bits per heavy atom. The van der Waals surface area contributed by atoms with Gasteiger partial charge in [-0.3, -0.25) is 4.68 Å². The van der Waals surface area contributed by atoms with E-state index in [1.165, 1.54) is 11.9 Å². The largest absolute Gasteiger partial charge is 0.496 e. The summed E-state index contributed by atoms with van der Waals surface area (Å²) in [7, 11) is 4.82. The van der Waals surface area contributed by atoms with Gasteiger partial charge in [-0.15, -0.1) is 0 Å². The van der Waals surface area contributed by atoms with Crippen molar-refractivity contribution in [2.45, 2.75) is 11.4 Å². The third-order valence-corrected chi connectivity index (χ3v) is 5.10. The zero-order valence-electron chi connectivity index (χ0n) is 16.1. The Hall–Kier alpha value is -3.40. The molecule has 4 rings (SSSR count). The number of rotatable bonds is 8. The molecular formula is C19H19N5O4S. The van der Waals surface area contributed by atoms with Crippen molar-refractivity contribution in [1.82, 2.24) is 19.9 Å². The first-order valence-electron chi connectivity index (χ1n) is 8.68. The van der Waals surface area contributed by atoms with Gasteiger partial charge in [0.2, 0.25) is 0 Å². The number of hydrogen-bond donors (Lipinski definition) is 1. The lowest BCUT2D eigenvalue weighted by Gasteiger charge is -2.12. The van der Waals surface area contributed by atoms with Crippen LogP contribution in [0.3, 0.4) is 0 Å². The van der Waals surface area contributed by atoms with Gasteiger partial charge in [-0.1, -0.05) is 11.2 Å². The summed E-state index contributed by atoms with van der Waals surface area (Å²) < 4.78 is 26.8. The Kier molecular flexibility index (Phi) is 5.43. The predicted octanol–water partition coefficient (Wildman–Crippen LogP) is 3.61. The van der Waals surface area contributed by atoms with Gasteiger partial charge in [-0.2, -0.15) is 5.10 Å². The van der Waals surface area contributed by atoms with Gasteiger partial charge in [0.25, 0.3) is 5.71 Å². The molecular weight excluding hydrogens is 394 g/mol. The topological polar surface area (TPSA) is 96.5 Å². The maximum Gasteiger partial charge on any atom is 0.264 e. The second kappa shape index (κ2) is 8.31. The number of pyridine rings is 1. The number of aromatic nitrogens is 4. The van der Waals surface area contributed by atoms with Crippen LogP contribution < -0.4 is 18.9 Å². The molecule has 0 atom stereocenters. The molecule has 0 spiro atoms. The molecule has 0 saturated heterocycles. The molecule has 1 aromatic carbocycles. The molecule has 0 bridgehead atoms. The fourth-order valence-corrected chi connectivity index (χ4v) is 3.70. The SMILES string of the molecule is COc1cccc(OC)c1SNc1noc2nc(Cn3cccn3)cc(OC)c12. The van der Waals surface area contributed by atoms with Crippen molar-refractivity contribution in [3.05, 3.63) is 48.4 Å². The van der Waals surface area contributed by atoms with E-state index in [0.29, 0.717) is 40.7 Å². The summed E-state index contributed by atoms with van der Waals surface area (Å²) in [5.41, 5.74) is 1.13. The van der Waals surface area contributed by atoms with E-state index in [0.717, 1.165) is 10.6 Å². The lowest BCUT2D eigenvalue weighted by molar-refractivity contribution is 0.376. The highest BCUT2D eigenvalue weighted by Crippen LogP contribution is 2.40. The van der Waals surface area contributed by atoms with Gasteiger partial charge in [0.15, 0.2) is 5.82 Å². The van der Waals surface area contributed by atoms with Gasteiger partial charge >= 0.3 is 0 Å². The highest BCUT2D eigenvalue weighted by atomic mass is 32.2. The van der Waals surface area contributed by atoms with Crippen LogP contribution in [0, 0.1) is 0 Å². The molecule has 0 radical (unpaired) electrons. The summed E-state index contributed by atoms with van der Waals surface area (Å²) in [4.78, 5) is 5.32. The van der Waals surface area contributed by atoms with Crippen LogP contribution in [0.5, 0.6) is 17.2 Å². The van der Waals surface area contributed by atoms with Crippen LogP contribution in [0.25, 0.3) is 11.1 Å². The Morgan fingerprint density at radius 2 is 1.83 bits per heavy atom. The maximum atomic E-state index is 5.56. The molecule has 0 aliphatic rings. The highest BCUT2D eigenvalue weighted by molar-refractivity contribution is 8.00. The second-order valence-electron chi connectivity index (χ2n) is 5.93. The Labute approximate surface area is 171 Å². The average Bonchev–Trinajstić information content (AvgIpc) is 3.41. The number of nitrogens with zero attached hydrogens (tertiary/aromatic N) is 4. The third kappa shape index (κ3) is 3.79. The molecule has 1 N–H and O–H groups in total. The van der Waals surface area contributed by atoms with Crippen molar-refractivity contribution in [1.29, 1.82) is 0 Å². The smallest absolute Gasteiger partial charge is 0.264 e. The summed E-state index contributed by atoms with van der Waals surface area (Å²) in [6.07, 6.45) is 3.58. The average molecular weight is 413 g/mol. The van der Waals surface area contributed by atoms with Crippen molar-refractivity contribution in [3.63, 3.8) is 0 Å². The van der Waals surface area contributed by atoms with Crippen molar-refractivity contribution >= 4 is 28.9 Å². The van der Waals surface area contributed by atoms with Gasteiger partial charge in [0, 0.05) is 18.5 Å². The zero-order chi connectivity index (χ0) is 20.2. The number of hydrogen-bond acceptors (Lipinski definition) is 9. The van der Waals surface area contributed by atoms with Crippen LogP contribution in [0.15, 0.2) is 52.1 Å². The quantitative estimate of drug-likeness (QED) is 0.434. The molecule has 3 heterocycles. The molecule has 0 amide bonds. The minimum absolute atomic E-state index is 0.376. The summed E-state index contributed by atoms with van der Waals surface area (Å²) >= 11 is 1.30. The summed E-state index contributed by atoms with van der Waals surface area (Å²) in [6.45, 7) is 0.496. The van der Waals surface area contributed by atoms with Crippen LogP contribution in [-0.4, -0.2) is 41.3 Å². The van der Waals surface area contributed by atoms with E-state index in [1.54, 1.807) is 32.2 Å². The molecule has 0 aliphatic heterocycles. The monoisotopic (exact) mass is 413 g/mol. The molecule has 3 aromatic heterocycles. The number of methoxy groups -OCH3 is 3. The molecule has 0 aliphatic carbocycles. The van der Waals surface area contributed by atoms with E-state index in [1.807, 2.05) is 36.5 Å². The normalized spacial score (nSPS) is 10.9. The predicted molar refractivity (Wildman–Crippen MR) is 109 cm³/mol. The van der Waals surface area contributed by atoms with Crippen LogP contribution in [0.2, 0.25) is 0 Å². The minimum atomic E-state index is 0.376. The third-order valence-electron chi connectivity index (χ3n) is 4.20. The van der Waals surface area contributed by atoms with Gasteiger partial charge < -0.3 is 23.5 Å². The van der Waals surface area contributed by atoms with Crippen molar-refractivity contribution in [2.24, 2.45) is 0 Å². The number of fused-ring (bicyclic) bond motifs is 1. The number of ether oxygens (including phenoxy) is 3. The van der Waals surface area contributed by atoms with Crippen molar-refractivity contribution in [2.75, 3.05) is 26.1 Å². The number of anilines is 1.